The second kappa shape index (κ2) is 4.79. The highest BCUT2D eigenvalue weighted by Crippen LogP contribution is 2.16. The van der Waals surface area contributed by atoms with E-state index in [0.717, 1.165) is 16.9 Å². The van der Waals surface area contributed by atoms with Gasteiger partial charge >= 0.3 is 11.8 Å². The summed E-state index contributed by atoms with van der Waals surface area (Å²) in [6.45, 7) is 0. The Balaban J connectivity index is 2.23. The van der Waals surface area contributed by atoms with E-state index in [1.54, 1.807) is 0 Å². The number of anilines is 1. The number of rotatable bonds is 4. The summed E-state index contributed by atoms with van der Waals surface area (Å²) < 4.78 is 1.07. The molecule has 2 aromatic heterocycles. The number of nitro groups is 1. The number of aromatic carboxylic acids is 1. The highest BCUT2D eigenvalue weighted by molar-refractivity contribution is 6.06. The van der Waals surface area contributed by atoms with E-state index in [9.17, 15) is 19.7 Å². The van der Waals surface area contributed by atoms with Crippen LogP contribution in [-0.2, 0) is 7.05 Å². The number of nitrogens with one attached hydrogen (secondary N) is 2. The number of hydrogen-bond donors (Lipinski definition) is 3. The van der Waals surface area contributed by atoms with E-state index in [2.05, 4.69) is 20.6 Å². The average Bonchev–Trinajstić information content (AvgIpc) is 2.96. The second-order valence-electron chi connectivity index (χ2n) is 3.69. The minimum atomic E-state index is -1.27. The first-order valence-electron chi connectivity index (χ1n) is 5.16. The highest BCUT2D eigenvalue weighted by Gasteiger charge is 2.21. The lowest BCUT2D eigenvalue weighted by molar-refractivity contribution is -0.389. The van der Waals surface area contributed by atoms with Gasteiger partial charge in [-0.2, -0.15) is 5.10 Å². The predicted molar refractivity (Wildman–Crippen MR) is 63.4 cm³/mol. The Labute approximate surface area is 110 Å². The number of carboxylic acids is 1. The third kappa shape index (κ3) is 2.31. The molecule has 0 atom stereocenters. The molecule has 11 nitrogen and oxygen atoms in total. The largest absolute Gasteiger partial charge is 0.476 e. The van der Waals surface area contributed by atoms with Gasteiger partial charge in [0.1, 0.15) is 0 Å². The summed E-state index contributed by atoms with van der Waals surface area (Å²) in [5, 5.41) is 30.9. The van der Waals surface area contributed by atoms with Gasteiger partial charge in [0.05, 0.1) is 18.0 Å². The molecule has 2 heterocycles. The standard InChI is InChI=1S/C9H8N6O5/c1-14-7(9(17)18)5(3-10-14)11-8(16)4-2-6(13-12-4)15(19)20/h2-3H,1H3,(H,11,16)(H,12,13)(H,17,18). The molecule has 20 heavy (non-hydrogen) atoms. The fourth-order valence-corrected chi connectivity index (χ4v) is 1.49. The molecule has 0 unspecified atom stereocenters. The van der Waals surface area contributed by atoms with Gasteiger partial charge in [-0.05, 0) is 4.92 Å². The lowest BCUT2D eigenvalue weighted by atomic mass is 10.3. The first-order valence-corrected chi connectivity index (χ1v) is 5.16. The van der Waals surface area contributed by atoms with Crippen LogP contribution in [0.4, 0.5) is 11.5 Å². The Bertz CT molecular complexity index is 702. The van der Waals surface area contributed by atoms with Gasteiger partial charge in [-0.1, -0.05) is 5.10 Å². The number of aryl methyl sites for hydroxylation is 1. The molecule has 0 aromatic carbocycles. The summed E-state index contributed by atoms with van der Waals surface area (Å²) in [7, 11) is 1.40. The van der Waals surface area contributed by atoms with Crippen LogP contribution in [0.15, 0.2) is 12.3 Å². The smallest absolute Gasteiger partial charge is 0.356 e. The van der Waals surface area contributed by atoms with Crippen LogP contribution in [0.2, 0.25) is 0 Å². The molecule has 0 saturated heterocycles. The van der Waals surface area contributed by atoms with Crippen molar-refractivity contribution in [1.82, 2.24) is 20.0 Å². The molecule has 2 rings (SSSR count). The zero-order valence-corrected chi connectivity index (χ0v) is 10.0. The Hall–Kier alpha value is -3.24. The molecular formula is C9H8N6O5. The van der Waals surface area contributed by atoms with Gasteiger partial charge in [0.2, 0.25) is 0 Å². The van der Waals surface area contributed by atoms with Crippen molar-refractivity contribution in [3.8, 4) is 0 Å². The van der Waals surface area contributed by atoms with Crippen molar-refractivity contribution in [1.29, 1.82) is 0 Å². The van der Waals surface area contributed by atoms with E-state index in [1.165, 1.54) is 7.05 Å². The van der Waals surface area contributed by atoms with E-state index in [-0.39, 0.29) is 17.1 Å². The lowest BCUT2D eigenvalue weighted by Gasteiger charge is -2.01. The van der Waals surface area contributed by atoms with Crippen LogP contribution >= 0.6 is 0 Å². The fraction of sp³-hybridized carbons (Fsp3) is 0.111. The van der Waals surface area contributed by atoms with Crippen molar-refractivity contribution < 1.29 is 19.6 Å². The number of hydrogen-bond acceptors (Lipinski definition) is 6. The molecule has 2 aromatic rings. The maximum atomic E-state index is 11.8. The summed E-state index contributed by atoms with van der Waals surface area (Å²) in [4.78, 5) is 32.5. The van der Waals surface area contributed by atoms with Gasteiger partial charge < -0.3 is 20.5 Å². The molecule has 0 spiro atoms. The normalized spacial score (nSPS) is 10.2. The quantitative estimate of drug-likeness (QED) is 0.525. The summed E-state index contributed by atoms with van der Waals surface area (Å²) in [6, 6.07) is 0.937. The second-order valence-corrected chi connectivity index (χ2v) is 3.69. The minimum Gasteiger partial charge on any atom is -0.476 e. The maximum Gasteiger partial charge on any atom is 0.356 e. The molecule has 11 heteroatoms. The molecule has 0 aliphatic carbocycles. The summed E-state index contributed by atoms with van der Waals surface area (Å²) >= 11 is 0. The average molecular weight is 280 g/mol. The van der Waals surface area contributed by atoms with E-state index < -0.39 is 22.6 Å². The first-order chi connectivity index (χ1) is 9.40. The van der Waals surface area contributed by atoms with Crippen molar-refractivity contribution in [2.24, 2.45) is 7.05 Å². The third-order valence-electron chi connectivity index (χ3n) is 2.38. The van der Waals surface area contributed by atoms with Crippen molar-refractivity contribution in [2.45, 2.75) is 0 Å². The number of aromatic amines is 1. The van der Waals surface area contributed by atoms with Crippen LogP contribution in [0, 0.1) is 10.1 Å². The predicted octanol–water partition coefficient (Wildman–Crippen LogP) is 0.00190. The molecule has 0 bridgehead atoms. The number of carboxylic acid groups (broad SMARTS) is 1. The van der Waals surface area contributed by atoms with Crippen molar-refractivity contribution in [3.63, 3.8) is 0 Å². The molecule has 0 radical (unpaired) electrons. The minimum absolute atomic E-state index is 0.0318. The van der Waals surface area contributed by atoms with Crippen LogP contribution in [-0.4, -0.2) is 41.9 Å². The molecule has 3 N–H and O–H groups in total. The van der Waals surface area contributed by atoms with Gasteiger partial charge in [-0.3, -0.25) is 9.48 Å². The highest BCUT2D eigenvalue weighted by atomic mass is 16.6. The van der Waals surface area contributed by atoms with Crippen LogP contribution in [0.1, 0.15) is 21.0 Å². The van der Waals surface area contributed by atoms with Gasteiger partial charge in [-0.25, -0.2) is 4.79 Å². The Kier molecular flexibility index (Phi) is 3.16. The molecular weight excluding hydrogens is 272 g/mol. The lowest BCUT2D eigenvalue weighted by Crippen LogP contribution is -2.15. The van der Waals surface area contributed by atoms with Gasteiger partial charge in [0.25, 0.3) is 5.91 Å². The van der Waals surface area contributed by atoms with Crippen LogP contribution < -0.4 is 5.32 Å². The van der Waals surface area contributed by atoms with E-state index in [4.69, 9.17) is 5.11 Å². The number of carbonyl (C=O) groups is 2. The Morgan fingerprint density at radius 1 is 1.55 bits per heavy atom. The van der Waals surface area contributed by atoms with Gasteiger partial charge in [0, 0.05) is 7.05 Å². The summed E-state index contributed by atoms with van der Waals surface area (Å²) in [5.74, 6) is -2.50. The monoisotopic (exact) mass is 280 g/mol. The van der Waals surface area contributed by atoms with E-state index in [1.807, 2.05) is 0 Å². The molecule has 0 aliphatic heterocycles. The van der Waals surface area contributed by atoms with Crippen molar-refractivity contribution >= 4 is 23.4 Å². The molecule has 104 valence electrons. The number of aromatic nitrogens is 4. The maximum absolute atomic E-state index is 11.8. The number of nitrogens with zero attached hydrogens (tertiary/aromatic N) is 4. The number of carbonyl (C=O) groups excluding carboxylic acids is 1. The van der Waals surface area contributed by atoms with Gasteiger partial charge in [-0.15, -0.1) is 5.10 Å². The fourth-order valence-electron chi connectivity index (χ4n) is 1.49. The first kappa shape index (κ1) is 13.2. The number of H-pyrrole nitrogens is 1. The molecule has 0 aliphatic rings. The van der Waals surface area contributed by atoms with Gasteiger partial charge in [0.15, 0.2) is 11.4 Å². The van der Waals surface area contributed by atoms with E-state index in [0.29, 0.717) is 0 Å². The van der Waals surface area contributed by atoms with Crippen molar-refractivity contribution in [2.75, 3.05) is 5.32 Å². The Morgan fingerprint density at radius 2 is 2.25 bits per heavy atom. The zero-order valence-electron chi connectivity index (χ0n) is 10.0. The van der Waals surface area contributed by atoms with Crippen molar-refractivity contribution in [3.05, 3.63) is 33.8 Å². The molecule has 0 saturated carbocycles. The summed E-state index contributed by atoms with van der Waals surface area (Å²) in [5.41, 5.74) is -0.490. The zero-order chi connectivity index (χ0) is 14.9. The van der Waals surface area contributed by atoms with Crippen LogP contribution in [0.3, 0.4) is 0 Å². The van der Waals surface area contributed by atoms with Crippen LogP contribution in [0.5, 0.6) is 0 Å². The van der Waals surface area contributed by atoms with Crippen LogP contribution in [0.25, 0.3) is 0 Å². The Morgan fingerprint density at radius 3 is 2.80 bits per heavy atom. The topological polar surface area (TPSA) is 156 Å². The third-order valence-corrected chi connectivity index (χ3v) is 2.38. The molecule has 0 fully saturated rings. The molecule has 1 amide bonds. The summed E-state index contributed by atoms with van der Waals surface area (Å²) in [6.07, 6.45) is 1.16. The number of amides is 1. The van der Waals surface area contributed by atoms with E-state index >= 15 is 0 Å². The SMILES string of the molecule is Cn1ncc(NC(=O)c2cc([N+](=O)[O-])[nH]n2)c1C(=O)O.